The molecule has 0 unspecified atom stereocenters. The van der Waals surface area contributed by atoms with Crippen LogP contribution in [0.1, 0.15) is 34.0 Å². The van der Waals surface area contributed by atoms with Gasteiger partial charge in [0.25, 0.3) is 5.91 Å². The van der Waals surface area contributed by atoms with Crippen LogP contribution in [0.3, 0.4) is 0 Å². The lowest BCUT2D eigenvalue weighted by molar-refractivity contribution is -0.385. The van der Waals surface area contributed by atoms with Gasteiger partial charge < -0.3 is 10.1 Å². The van der Waals surface area contributed by atoms with Crippen LogP contribution in [0.25, 0.3) is 0 Å². The van der Waals surface area contributed by atoms with E-state index in [4.69, 9.17) is 4.74 Å². The average molecular weight is 362 g/mol. The molecule has 1 aromatic heterocycles. The van der Waals surface area contributed by atoms with Crippen LogP contribution in [0.4, 0.5) is 10.8 Å². The topological polar surface area (TPSA) is 106 Å². The van der Waals surface area contributed by atoms with Gasteiger partial charge in [-0.3, -0.25) is 20.2 Å². The van der Waals surface area contributed by atoms with Crippen LogP contribution < -0.4 is 15.4 Å². The first-order valence-electron chi connectivity index (χ1n) is 7.88. The van der Waals surface area contributed by atoms with Gasteiger partial charge >= 0.3 is 5.69 Å². The number of carbonyl (C=O) groups excluding carboxylic acids is 1. The number of carbonyl (C=O) groups is 1. The number of ether oxygens (including phenoxy) is 1. The van der Waals surface area contributed by atoms with Crippen molar-refractivity contribution in [2.24, 2.45) is 0 Å². The zero-order valence-electron chi connectivity index (χ0n) is 13.7. The largest absolute Gasteiger partial charge is 0.490 e. The van der Waals surface area contributed by atoms with Crippen molar-refractivity contribution in [3.63, 3.8) is 0 Å². The van der Waals surface area contributed by atoms with Crippen LogP contribution in [0.15, 0.2) is 24.4 Å². The summed E-state index contributed by atoms with van der Waals surface area (Å²) in [6.07, 6.45) is 3.91. The number of piperidine rings is 1. The molecule has 9 heteroatoms. The summed E-state index contributed by atoms with van der Waals surface area (Å²) < 4.78 is 4.94. The summed E-state index contributed by atoms with van der Waals surface area (Å²) in [7, 11) is 1.35. The molecule has 0 radical (unpaired) electrons. The third kappa shape index (κ3) is 3.94. The fourth-order valence-corrected chi connectivity index (χ4v) is 3.76. The van der Waals surface area contributed by atoms with Crippen LogP contribution in [-0.2, 0) is 0 Å². The van der Waals surface area contributed by atoms with Gasteiger partial charge in [0, 0.05) is 22.7 Å². The Bertz CT molecular complexity index is 786. The van der Waals surface area contributed by atoms with Crippen LogP contribution in [0.5, 0.6) is 5.75 Å². The van der Waals surface area contributed by atoms with Gasteiger partial charge in [-0.1, -0.05) is 0 Å². The maximum absolute atomic E-state index is 12.4. The molecule has 3 rings (SSSR count). The van der Waals surface area contributed by atoms with E-state index in [9.17, 15) is 14.9 Å². The molecule has 2 aromatic rings. The quantitative estimate of drug-likeness (QED) is 0.626. The highest BCUT2D eigenvalue weighted by Crippen LogP contribution is 2.32. The van der Waals surface area contributed by atoms with Gasteiger partial charge in [0.2, 0.25) is 0 Å². The second kappa shape index (κ2) is 7.58. The number of thiazole rings is 1. The van der Waals surface area contributed by atoms with Crippen molar-refractivity contribution in [1.82, 2.24) is 10.3 Å². The number of aromatic nitrogens is 1. The first-order chi connectivity index (χ1) is 12.1. The van der Waals surface area contributed by atoms with Crippen LogP contribution in [0, 0.1) is 10.1 Å². The molecule has 1 fully saturated rings. The number of benzene rings is 1. The minimum Gasteiger partial charge on any atom is -0.490 e. The van der Waals surface area contributed by atoms with E-state index >= 15 is 0 Å². The maximum atomic E-state index is 12.4. The smallest absolute Gasteiger partial charge is 0.311 e. The van der Waals surface area contributed by atoms with Gasteiger partial charge in [0.15, 0.2) is 10.9 Å². The van der Waals surface area contributed by atoms with E-state index in [1.165, 1.54) is 36.6 Å². The van der Waals surface area contributed by atoms with Crippen molar-refractivity contribution in [3.8, 4) is 5.75 Å². The SMILES string of the molecule is COc1ccc(C(=O)Nc2ncc(C3CCNCC3)s2)cc1[N+](=O)[O-]. The average Bonchev–Trinajstić information content (AvgIpc) is 3.10. The first kappa shape index (κ1) is 17.3. The zero-order valence-corrected chi connectivity index (χ0v) is 14.5. The Kier molecular flexibility index (Phi) is 5.25. The van der Waals surface area contributed by atoms with Crippen molar-refractivity contribution in [3.05, 3.63) is 45.0 Å². The fraction of sp³-hybridized carbons (Fsp3) is 0.375. The molecule has 0 bridgehead atoms. The van der Waals surface area contributed by atoms with Gasteiger partial charge in [-0.15, -0.1) is 11.3 Å². The minimum atomic E-state index is -0.575. The van der Waals surface area contributed by atoms with E-state index in [-0.39, 0.29) is 17.0 Å². The number of nitrogens with zero attached hydrogens (tertiary/aromatic N) is 2. The molecular formula is C16H18N4O4S. The molecule has 1 aliphatic heterocycles. The van der Waals surface area contributed by atoms with Gasteiger partial charge in [0.05, 0.1) is 12.0 Å². The number of rotatable bonds is 5. The standard InChI is InChI=1S/C16H18N4O4S/c1-24-13-3-2-11(8-12(13)20(22)23)15(21)19-16-18-9-14(25-16)10-4-6-17-7-5-10/h2-3,8-10,17H,4-7H2,1H3,(H,18,19,21). The molecule has 1 aliphatic rings. The van der Waals surface area contributed by atoms with Gasteiger partial charge in [0.1, 0.15) is 0 Å². The number of hydrogen-bond acceptors (Lipinski definition) is 7. The van der Waals surface area contributed by atoms with Crippen molar-refractivity contribution >= 4 is 28.1 Å². The number of anilines is 1. The minimum absolute atomic E-state index is 0.115. The Morgan fingerprint density at radius 2 is 2.20 bits per heavy atom. The fourth-order valence-electron chi connectivity index (χ4n) is 2.78. The Labute approximate surface area is 148 Å². The molecule has 8 nitrogen and oxygen atoms in total. The summed E-state index contributed by atoms with van der Waals surface area (Å²) in [6, 6.07) is 4.10. The Balaban J connectivity index is 1.73. The predicted molar refractivity (Wildman–Crippen MR) is 94.6 cm³/mol. The highest BCUT2D eigenvalue weighted by atomic mass is 32.1. The molecule has 2 N–H and O–H groups in total. The van der Waals surface area contributed by atoms with Crippen molar-refractivity contribution in [1.29, 1.82) is 0 Å². The summed E-state index contributed by atoms with van der Waals surface area (Å²) >= 11 is 1.45. The highest BCUT2D eigenvalue weighted by Gasteiger charge is 2.20. The summed E-state index contributed by atoms with van der Waals surface area (Å²) in [5.74, 6) is 0.146. The van der Waals surface area contributed by atoms with Gasteiger partial charge in [-0.05, 0) is 44.0 Å². The molecule has 0 aliphatic carbocycles. The van der Waals surface area contributed by atoms with Crippen molar-refractivity contribution in [2.45, 2.75) is 18.8 Å². The molecule has 1 saturated heterocycles. The Morgan fingerprint density at radius 1 is 1.44 bits per heavy atom. The highest BCUT2D eigenvalue weighted by molar-refractivity contribution is 7.15. The first-order valence-corrected chi connectivity index (χ1v) is 8.70. The summed E-state index contributed by atoms with van der Waals surface area (Å²) in [5, 5.41) is 17.6. The molecule has 2 heterocycles. The van der Waals surface area contributed by atoms with Gasteiger partial charge in [-0.2, -0.15) is 0 Å². The van der Waals surface area contributed by atoms with E-state index in [0.29, 0.717) is 11.0 Å². The van der Waals surface area contributed by atoms with E-state index in [2.05, 4.69) is 15.6 Å². The predicted octanol–water partition coefficient (Wildman–Crippen LogP) is 2.78. The van der Waals surface area contributed by atoms with Crippen molar-refractivity contribution < 1.29 is 14.5 Å². The van der Waals surface area contributed by atoms with Crippen LogP contribution in [-0.4, -0.2) is 36.0 Å². The molecular weight excluding hydrogens is 344 g/mol. The normalized spacial score (nSPS) is 14.9. The summed E-state index contributed by atoms with van der Waals surface area (Å²) in [6.45, 7) is 1.97. The lowest BCUT2D eigenvalue weighted by Crippen LogP contribution is -2.26. The van der Waals surface area contributed by atoms with E-state index in [1.54, 1.807) is 6.20 Å². The maximum Gasteiger partial charge on any atom is 0.311 e. The number of hydrogen-bond donors (Lipinski definition) is 2. The number of methoxy groups -OCH3 is 1. The lowest BCUT2D eigenvalue weighted by atomic mass is 9.97. The number of nitro groups is 1. The molecule has 1 amide bonds. The van der Waals surface area contributed by atoms with E-state index < -0.39 is 10.8 Å². The van der Waals surface area contributed by atoms with Crippen LogP contribution >= 0.6 is 11.3 Å². The molecule has 25 heavy (non-hydrogen) atoms. The molecule has 0 saturated carbocycles. The zero-order chi connectivity index (χ0) is 17.8. The summed E-state index contributed by atoms with van der Waals surface area (Å²) in [4.78, 5) is 28.3. The molecule has 132 valence electrons. The van der Waals surface area contributed by atoms with E-state index in [1.807, 2.05) is 0 Å². The molecule has 0 spiro atoms. The Morgan fingerprint density at radius 3 is 2.88 bits per heavy atom. The van der Waals surface area contributed by atoms with Gasteiger partial charge in [-0.25, -0.2) is 4.98 Å². The lowest BCUT2D eigenvalue weighted by Gasteiger charge is -2.20. The third-order valence-corrected chi connectivity index (χ3v) is 5.20. The Hall–Kier alpha value is -2.52. The number of nitro benzene ring substituents is 1. The second-order valence-electron chi connectivity index (χ2n) is 5.69. The second-order valence-corrected chi connectivity index (χ2v) is 6.75. The van der Waals surface area contributed by atoms with Crippen molar-refractivity contribution in [2.75, 3.05) is 25.5 Å². The molecule has 1 aromatic carbocycles. The van der Waals surface area contributed by atoms with Crippen LogP contribution in [0.2, 0.25) is 0 Å². The molecule has 0 atom stereocenters. The number of nitrogens with one attached hydrogen (secondary N) is 2. The third-order valence-electron chi connectivity index (χ3n) is 4.12. The number of amides is 1. The summed E-state index contributed by atoms with van der Waals surface area (Å²) in [5.41, 5.74) is -0.0594. The van der Waals surface area contributed by atoms with E-state index in [0.717, 1.165) is 30.8 Å². The monoisotopic (exact) mass is 362 g/mol.